The molecular weight excluding hydrogens is 514 g/mol. The summed E-state index contributed by atoms with van der Waals surface area (Å²) in [4.78, 5) is 33.5. The number of carbonyl (C=O) groups is 2. The number of nitrogens with one attached hydrogen (secondary N) is 1. The third-order valence-electron chi connectivity index (χ3n) is 6.42. The van der Waals surface area contributed by atoms with E-state index in [0.29, 0.717) is 28.9 Å². The number of hydrogen-bond acceptors (Lipinski definition) is 5. The van der Waals surface area contributed by atoms with Crippen molar-refractivity contribution >= 4 is 23.0 Å². The molecule has 1 atom stereocenters. The maximum absolute atomic E-state index is 14.5. The standard InChI is InChI=1S/C30H38F2N6O2/c1-6-8-11-21-12-13-22(26(32)17-31)16-24(21)23(10-7-2)27(19-37(5)20-28(39)36(3)4)35-30(40)25-18-34-38-15-9-14-33-29(25)38/h9-10,12-16,18-19,26H,6-8,11,17,20H2,1-5H3,(H,35,40)/b23-10-,27-19+. The summed E-state index contributed by atoms with van der Waals surface area (Å²) in [6.45, 7) is 2.99. The number of fused-ring (bicyclic) bond motifs is 1. The zero-order chi connectivity index (χ0) is 29.2. The highest BCUT2D eigenvalue weighted by Gasteiger charge is 2.21. The Balaban J connectivity index is 2.14. The second kappa shape index (κ2) is 14.3. The number of benzene rings is 1. The fourth-order valence-electron chi connectivity index (χ4n) is 4.25. The first kappa shape index (κ1) is 30.5. The molecule has 1 aromatic carbocycles. The predicted molar refractivity (Wildman–Crippen MR) is 153 cm³/mol. The van der Waals surface area contributed by atoms with Gasteiger partial charge in [-0.05, 0) is 48.1 Å². The van der Waals surface area contributed by atoms with Crippen LogP contribution in [0.4, 0.5) is 8.78 Å². The number of nitrogens with zero attached hydrogens (tertiary/aromatic N) is 5. The lowest BCUT2D eigenvalue weighted by molar-refractivity contribution is -0.129. The Morgan fingerprint density at radius 1 is 1.18 bits per heavy atom. The van der Waals surface area contributed by atoms with E-state index in [1.165, 1.54) is 15.6 Å². The normalized spacial score (nSPS) is 12.9. The minimum Gasteiger partial charge on any atom is -0.369 e. The van der Waals surface area contributed by atoms with Crippen molar-refractivity contribution in [2.75, 3.05) is 34.4 Å². The van der Waals surface area contributed by atoms with Gasteiger partial charge >= 0.3 is 0 Å². The van der Waals surface area contributed by atoms with Gasteiger partial charge in [-0.3, -0.25) is 9.59 Å². The van der Waals surface area contributed by atoms with Crippen LogP contribution in [0.1, 0.15) is 66.3 Å². The van der Waals surface area contributed by atoms with Gasteiger partial charge in [0.25, 0.3) is 5.91 Å². The molecule has 0 saturated carbocycles. The van der Waals surface area contributed by atoms with E-state index >= 15 is 0 Å². The summed E-state index contributed by atoms with van der Waals surface area (Å²) in [5, 5.41) is 7.22. The zero-order valence-corrected chi connectivity index (χ0v) is 23.8. The average molecular weight is 553 g/mol. The van der Waals surface area contributed by atoms with Gasteiger partial charge in [-0.1, -0.05) is 38.5 Å². The number of hydrogen-bond donors (Lipinski definition) is 1. The summed E-state index contributed by atoms with van der Waals surface area (Å²) in [5.74, 6) is -0.557. The highest BCUT2D eigenvalue weighted by Crippen LogP contribution is 2.31. The van der Waals surface area contributed by atoms with E-state index in [9.17, 15) is 18.4 Å². The van der Waals surface area contributed by atoms with Crippen molar-refractivity contribution in [3.05, 3.63) is 83.1 Å². The second-order valence-corrected chi connectivity index (χ2v) is 9.81. The molecule has 0 bridgehead atoms. The third-order valence-corrected chi connectivity index (χ3v) is 6.42. The Labute approximate surface area is 234 Å². The molecule has 0 spiro atoms. The van der Waals surface area contributed by atoms with Crippen LogP contribution in [0, 0.1) is 0 Å². The van der Waals surface area contributed by atoms with Gasteiger partial charge < -0.3 is 15.1 Å². The molecule has 0 aliphatic heterocycles. The summed E-state index contributed by atoms with van der Waals surface area (Å²) < 4.78 is 29.3. The number of halogens is 2. The summed E-state index contributed by atoms with van der Waals surface area (Å²) in [6.07, 6.45) is 9.81. The molecule has 40 heavy (non-hydrogen) atoms. The molecule has 0 saturated heterocycles. The molecule has 2 heterocycles. The second-order valence-electron chi connectivity index (χ2n) is 9.81. The number of aryl methyl sites for hydroxylation is 1. The van der Waals surface area contributed by atoms with Crippen LogP contribution in [0.3, 0.4) is 0 Å². The van der Waals surface area contributed by atoms with Gasteiger partial charge in [-0.2, -0.15) is 5.10 Å². The van der Waals surface area contributed by atoms with Crippen molar-refractivity contribution in [2.24, 2.45) is 0 Å². The number of unbranched alkanes of at least 4 members (excludes halogenated alkanes) is 1. The first-order chi connectivity index (χ1) is 19.2. The SMILES string of the molecule is CC/C=C(\C(=C/N(C)CC(=O)N(C)C)NC(=O)c1cnn2cccnc12)c1cc(C(F)CF)ccc1CCCC. The fourth-order valence-corrected chi connectivity index (χ4v) is 4.25. The van der Waals surface area contributed by atoms with Crippen molar-refractivity contribution in [1.82, 2.24) is 29.7 Å². The van der Waals surface area contributed by atoms with Crippen LogP contribution >= 0.6 is 0 Å². The summed E-state index contributed by atoms with van der Waals surface area (Å²) in [6, 6.07) is 6.83. The molecule has 0 fully saturated rings. The molecule has 0 radical (unpaired) electrons. The van der Waals surface area contributed by atoms with Crippen molar-refractivity contribution in [1.29, 1.82) is 0 Å². The topological polar surface area (TPSA) is 82.8 Å². The van der Waals surface area contributed by atoms with Gasteiger partial charge in [0, 0.05) is 45.3 Å². The Hall–Kier alpha value is -4.08. The summed E-state index contributed by atoms with van der Waals surface area (Å²) in [5.41, 5.74) is 3.64. The van der Waals surface area contributed by atoms with Crippen LogP contribution in [0.15, 0.2) is 60.8 Å². The van der Waals surface area contributed by atoms with Crippen LogP contribution in [-0.2, 0) is 11.2 Å². The van der Waals surface area contributed by atoms with Crippen molar-refractivity contribution in [2.45, 2.75) is 45.7 Å². The van der Waals surface area contributed by atoms with Crippen LogP contribution in [-0.4, -0.2) is 70.6 Å². The van der Waals surface area contributed by atoms with Crippen LogP contribution < -0.4 is 5.32 Å². The first-order valence-corrected chi connectivity index (χ1v) is 13.5. The number of amides is 2. The Bertz CT molecular complexity index is 1380. The largest absolute Gasteiger partial charge is 0.369 e. The van der Waals surface area contributed by atoms with E-state index in [2.05, 4.69) is 22.3 Å². The maximum atomic E-state index is 14.5. The Kier molecular flexibility index (Phi) is 10.9. The molecule has 0 aliphatic carbocycles. The number of allylic oxidation sites excluding steroid dienone is 2. The Morgan fingerprint density at radius 2 is 1.95 bits per heavy atom. The van der Waals surface area contributed by atoms with E-state index in [0.717, 1.165) is 24.8 Å². The van der Waals surface area contributed by atoms with E-state index in [1.807, 2.05) is 19.1 Å². The number of alkyl halides is 2. The molecule has 214 valence electrons. The summed E-state index contributed by atoms with van der Waals surface area (Å²) in [7, 11) is 5.09. The molecule has 1 unspecified atom stereocenters. The van der Waals surface area contributed by atoms with Gasteiger partial charge in [0.15, 0.2) is 11.8 Å². The predicted octanol–water partition coefficient (Wildman–Crippen LogP) is 5.14. The molecule has 2 amide bonds. The Morgan fingerprint density at radius 3 is 2.62 bits per heavy atom. The lowest BCUT2D eigenvalue weighted by Gasteiger charge is -2.23. The molecule has 2 aromatic heterocycles. The lowest BCUT2D eigenvalue weighted by atomic mass is 9.91. The van der Waals surface area contributed by atoms with E-state index in [4.69, 9.17) is 0 Å². The smallest absolute Gasteiger partial charge is 0.261 e. The minimum atomic E-state index is -1.76. The quantitative estimate of drug-likeness (QED) is 0.297. The molecule has 0 aliphatic rings. The van der Waals surface area contributed by atoms with Gasteiger partial charge in [0.05, 0.1) is 18.4 Å². The van der Waals surface area contributed by atoms with Gasteiger partial charge in [0.1, 0.15) is 12.2 Å². The minimum absolute atomic E-state index is 0.0706. The molecule has 8 nitrogen and oxygen atoms in total. The monoisotopic (exact) mass is 552 g/mol. The highest BCUT2D eigenvalue weighted by atomic mass is 19.2. The van der Waals surface area contributed by atoms with Gasteiger partial charge in [0.2, 0.25) is 5.91 Å². The van der Waals surface area contributed by atoms with Crippen LogP contribution in [0.25, 0.3) is 11.2 Å². The van der Waals surface area contributed by atoms with E-state index in [-0.39, 0.29) is 23.6 Å². The number of rotatable bonds is 13. The van der Waals surface area contributed by atoms with Gasteiger partial charge in [-0.25, -0.2) is 18.3 Å². The number of carbonyl (C=O) groups excluding carboxylic acids is 2. The zero-order valence-electron chi connectivity index (χ0n) is 23.8. The van der Waals surface area contributed by atoms with Crippen molar-refractivity contribution in [3.8, 4) is 0 Å². The first-order valence-electron chi connectivity index (χ1n) is 13.5. The highest BCUT2D eigenvalue weighted by molar-refractivity contribution is 6.02. The molecular formula is C30H38F2N6O2. The van der Waals surface area contributed by atoms with E-state index < -0.39 is 18.8 Å². The fraction of sp³-hybridized carbons (Fsp3) is 0.400. The van der Waals surface area contributed by atoms with Crippen molar-refractivity contribution in [3.63, 3.8) is 0 Å². The van der Waals surface area contributed by atoms with Crippen LogP contribution in [0.5, 0.6) is 0 Å². The molecule has 3 aromatic rings. The molecule has 3 rings (SSSR count). The average Bonchev–Trinajstić information content (AvgIpc) is 3.38. The van der Waals surface area contributed by atoms with Crippen LogP contribution in [0.2, 0.25) is 0 Å². The molecule has 1 N–H and O–H groups in total. The number of aromatic nitrogens is 3. The third kappa shape index (κ3) is 7.52. The van der Waals surface area contributed by atoms with E-state index in [1.54, 1.807) is 62.8 Å². The molecule has 10 heteroatoms. The van der Waals surface area contributed by atoms with Gasteiger partial charge in [-0.15, -0.1) is 0 Å². The lowest BCUT2D eigenvalue weighted by Crippen LogP contribution is -2.33. The maximum Gasteiger partial charge on any atom is 0.261 e. The summed E-state index contributed by atoms with van der Waals surface area (Å²) >= 11 is 0. The number of likely N-dealkylation sites (N-methyl/N-ethyl adjacent to an activating group) is 2. The van der Waals surface area contributed by atoms with Crippen molar-refractivity contribution < 1.29 is 18.4 Å².